The van der Waals surface area contributed by atoms with Crippen LogP contribution >= 0.6 is 31.9 Å². The lowest BCUT2D eigenvalue weighted by Crippen LogP contribution is -2.35. The lowest BCUT2D eigenvalue weighted by molar-refractivity contribution is 0.0709. The molecule has 2 aromatic carbocycles. The largest absolute Gasteiger partial charge is 0.383 e. The van der Waals surface area contributed by atoms with Crippen molar-refractivity contribution in [3.63, 3.8) is 0 Å². The average Bonchev–Trinajstić information content (AvgIpc) is 2.50. The van der Waals surface area contributed by atoms with E-state index in [0.29, 0.717) is 25.3 Å². The summed E-state index contributed by atoms with van der Waals surface area (Å²) >= 11 is 6.85. The second-order valence-electron chi connectivity index (χ2n) is 4.68. The van der Waals surface area contributed by atoms with Crippen LogP contribution in [0, 0.1) is 0 Å². The summed E-state index contributed by atoms with van der Waals surface area (Å²) < 4.78 is 6.11. The van der Waals surface area contributed by atoms with Crippen LogP contribution in [-0.4, -0.2) is 42.9 Å². The summed E-state index contributed by atoms with van der Waals surface area (Å²) in [6, 6.07) is 11.8. The highest BCUT2D eigenvalue weighted by atomic mass is 79.9. The Morgan fingerprint density at radius 1 is 1.14 bits per heavy atom. The molecule has 112 valence electrons. The predicted molar refractivity (Wildman–Crippen MR) is 93.2 cm³/mol. The monoisotopic (exact) mass is 413 g/mol. The number of halogens is 2. The number of fused-ring (bicyclic) bond motifs is 1. The number of ether oxygens (including phenoxy) is 1. The zero-order chi connectivity index (χ0) is 15.2. The molecule has 0 N–H and O–H groups in total. The van der Waals surface area contributed by atoms with Gasteiger partial charge in [-0.15, -0.1) is 0 Å². The van der Waals surface area contributed by atoms with Crippen LogP contribution in [0.2, 0.25) is 0 Å². The molecule has 3 nitrogen and oxygen atoms in total. The zero-order valence-electron chi connectivity index (χ0n) is 11.8. The topological polar surface area (TPSA) is 29.5 Å². The van der Waals surface area contributed by atoms with Crippen molar-refractivity contribution in [3.05, 3.63) is 46.4 Å². The third kappa shape index (κ3) is 4.28. The summed E-state index contributed by atoms with van der Waals surface area (Å²) in [6.45, 7) is 1.80. The first-order chi connectivity index (χ1) is 10.2. The van der Waals surface area contributed by atoms with E-state index in [9.17, 15) is 4.79 Å². The Bertz CT molecular complexity index is 631. The molecule has 0 spiro atoms. The highest BCUT2D eigenvalue weighted by Crippen LogP contribution is 2.21. The van der Waals surface area contributed by atoms with Gasteiger partial charge in [0.25, 0.3) is 5.91 Å². The highest BCUT2D eigenvalue weighted by Gasteiger charge is 2.15. The molecule has 0 heterocycles. The van der Waals surface area contributed by atoms with Crippen LogP contribution < -0.4 is 0 Å². The van der Waals surface area contributed by atoms with Gasteiger partial charge in [0.2, 0.25) is 0 Å². The number of amides is 1. The number of methoxy groups -OCH3 is 1. The minimum absolute atomic E-state index is 0.0383. The molecule has 0 saturated heterocycles. The molecular weight excluding hydrogens is 398 g/mol. The molecule has 21 heavy (non-hydrogen) atoms. The van der Waals surface area contributed by atoms with Crippen molar-refractivity contribution in [1.82, 2.24) is 4.90 Å². The standard InChI is InChI=1S/C16H17Br2NO2/c1-21-9-8-19(7-6-17)16(20)14-3-2-13-11-15(18)5-4-12(13)10-14/h2-5,10-11H,6-9H2,1H3. The first-order valence-corrected chi connectivity index (χ1v) is 8.60. The first kappa shape index (κ1) is 16.5. The van der Waals surface area contributed by atoms with Crippen molar-refractivity contribution in [3.8, 4) is 0 Å². The molecule has 0 aromatic heterocycles. The predicted octanol–water partition coefficient (Wildman–Crippen LogP) is 4.09. The van der Waals surface area contributed by atoms with Gasteiger partial charge in [-0.25, -0.2) is 0 Å². The van der Waals surface area contributed by atoms with Crippen LogP contribution in [0.25, 0.3) is 10.8 Å². The third-order valence-electron chi connectivity index (χ3n) is 3.26. The Kier molecular flexibility index (Phi) is 6.21. The van der Waals surface area contributed by atoms with Gasteiger partial charge in [0, 0.05) is 35.6 Å². The van der Waals surface area contributed by atoms with E-state index in [1.807, 2.05) is 36.4 Å². The van der Waals surface area contributed by atoms with Gasteiger partial charge in [-0.2, -0.15) is 0 Å². The zero-order valence-corrected chi connectivity index (χ0v) is 15.0. The summed E-state index contributed by atoms with van der Waals surface area (Å²) in [7, 11) is 1.64. The fraction of sp³-hybridized carbons (Fsp3) is 0.312. The molecule has 0 aliphatic carbocycles. The van der Waals surface area contributed by atoms with Crippen molar-refractivity contribution in [2.75, 3.05) is 32.1 Å². The number of alkyl halides is 1. The van der Waals surface area contributed by atoms with Crippen molar-refractivity contribution in [2.24, 2.45) is 0 Å². The van der Waals surface area contributed by atoms with Gasteiger partial charge in [0.05, 0.1) is 6.61 Å². The van der Waals surface area contributed by atoms with Crippen LogP contribution in [0.3, 0.4) is 0 Å². The Morgan fingerprint density at radius 3 is 2.57 bits per heavy atom. The minimum atomic E-state index is 0.0383. The van der Waals surface area contributed by atoms with Crippen LogP contribution in [0.15, 0.2) is 40.9 Å². The lowest BCUT2D eigenvalue weighted by Gasteiger charge is -2.21. The average molecular weight is 415 g/mol. The quantitative estimate of drug-likeness (QED) is 0.666. The van der Waals surface area contributed by atoms with E-state index in [1.54, 1.807) is 12.0 Å². The number of hydrogen-bond donors (Lipinski definition) is 0. The maximum Gasteiger partial charge on any atom is 0.253 e. The fourth-order valence-electron chi connectivity index (χ4n) is 2.15. The summed E-state index contributed by atoms with van der Waals surface area (Å²) in [4.78, 5) is 14.4. The molecule has 2 aromatic rings. The van der Waals surface area contributed by atoms with Gasteiger partial charge in [0.1, 0.15) is 0 Å². The van der Waals surface area contributed by atoms with Crippen LogP contribution in [0.4, 0.5) is 0 Å². The van der Waals surface area contributed by atoms with E-state index in [1.165, 1.54) is 0 Å². The first-order valence-electron chi connectivity index (χ1n) is 6.69. The molecule has 0 atom stereocenters. The van der Waals surface area contributed by atoms with Gasteiger partial charge >= 0.3 is 0 Å². The van der Waals surface area contributed by atoms with Crippen LogP contribution in [-0.2, 0) is 4.74 Å². The van der Waals surface area contributed by atoms with Gasteiger partial charge in [-0.05, 0) is 35.0 Å². The summed E-state index contributed by atoms with van der Waals surface area (Å²) in [6.07, 6.45) is 0. The Labute approximate surface area is 141 Å². The lowest BCUT2D eigenvalue weighted by atomic mass is 10.1. The molecule has 2 rings (SSSR count). The van der Waals surface area contributed by atoms with E-state index in [0.717, 1.165) is 20.6 Å². The minimum Gasteiger partial charge on any atom is -0.383 e. The molecule has 0 unspecified atom stereocenters. The Hall–Kier alpha value is -0.910. The van der Waals surface area contributed by atoms with E-state index < -0.39 is 0 Å². The molecule has 1 amide bonds. The van der Waals surface area contributed by atoms with Gasteiger partial charge in [0.15, 0.2) is 0 Å². The second-order valence-corrected chi connectivity index (χ2v) is 6.39. The van der Waals surface area contributed by atoms with Crippen LogP contribution in [0.1, 0.15) is 10.4 Å². The number of nitrogens with zero attached hydrogens (tertiary/aromatic N) is 1. The summed E-state index contributed by atoms with van der Waals surface area (Å²) in [5, 5.41) is 2.93. The van der Waals surface area contributed by atoms with Crippen LogP contribution in [0.5, 0.6) is 0 Å². The molecule has 0 fully saturated rings. The summed E-state index contributed by atoms with van der Waals surface area (Å²) in [5.74, 6) is 0.0383. The number of rotatable bonds is 6. The van der Waals surface area contributed by atoms with E-state index in [2.05, 4.69) is 31.9 Å². The van der Waals surface area contributed by atoms with Crippen molar-refractivity contribution in [2.45, 2.75) is 0 Å². The number of carbonyl (C=O) groups is 1. The fourth-order valence-corrected chi connectivity index (χ4v) is 2.96. The van der Waals surface area contributed by atoms with Gasteiger partial charge in [-0.1, -0.05) is 44.0 Å². The second kappa shape index (κ2) is 7.92. The van der Waals surface area contributed by atoms with Gasteiger partial charge < -0.3 is 9.64 Å². The van der Waals surface area contributed by atoms with Gasteiger partial charge in [-0.3, -0.25) is 4.79 Å². The molecule has 5 heteroatoms. The van der Waals surface area contributed by atoms with Crippen molar-refractivity contribution >= 4 is 48.5 Å². The van der Waals surface area contributed by atoms with E-state index in [-0.39, 0.29) is 5.91 Å². The number of carbonyl (C=O) groups excluding carboxylic acids is 1. The molecule has 0 saturated carbocycles. The normalized spacial score (nSPS) is 10.8. The van der Waals surface area contributed by atoms with E-state index >= 15 is 0 Å². The molecule has 0 aliphatic heterocycles. The summed E-state index contributed by atoms with van der Waals surface area (Å²) in [5.41, 5.74) is 0.710. The molecule has 0 aliphatic rings. The SMILES string of the molecule is COCCN(CCBr)C(=O)c1ccc2cc(Br)ccc2c1. The molecule has 0 radical (unpaired) electrons. The maximum absolute atomic E-state index is 12.6. The molecular formula is C16H17Br2NO2. The number of hydrogen-bond acceptors (Lipinski definition) is 2. The highest BCUT2D eigenvalue weighted by molar-refractivity contribution is 9.10. The third-order valence-corrected chi connectivity index (χ3v) is 4.10. The van der Waals surface area contributed by atoms with Crippen molar-refractivity contribution in [1.29, 1.82) is 0 Å². The number of benzene rings is 2. The smallest absolute Gasteiger partial charge is 0.253 e. The maximum atomic E-state index is 12.6. The Morgan fingerprint density at radius 2 is 1.86 bits per heavy atom. The van der Waals surface area contributed by atoms with E-state index in [4.69, 9.17) is 4.74 Å². The Balaban J connectivity index is 2.26. The van der Waals surface area contributed by atoms with Crippen molar-refractivity contribution < 1.29 is 9.53 Å². The molecule has 0 bridgehead atoms.